The monoisotopic (exact) mass is 202 g/mol. The second kappa shape index (κ2) is 10.5. The fraction of sp³-hybridized carbons (Fsp3) is 0.900. The van der Waals surface area contributed by atoms with Crippen LogP contribution in [0.1, 0.15) is 26.2 Å². The molecule has 0 amide bonds. The average Bonchev–Trinajstić information content (AvgIpc) is 2.17. The lowest BCUT2D eigenvalue weighted by Crippen LogP contribution is -2.21. The van der Waals surface area contributed by atoms with Gasteiger partial charge in [-0.1, -0.05) is 0 Å². The predicted octanol–water partition coefficient (Wildman–Crippen LogP) is 0.529. The van der Waals surface area contributed by atoms with Gasteiger partial charge in [0.25, 0.3) is 0 Å². The van der Waals surface area contributed by atoms with Crippen molar-refractivity contribution in [3.8, 4) is 0 Å². The molecule has 4 heteroatoms. The molecule has 14 heavy (non-hydrogen) atoms. The van der Waals surface area contributed by atoms with E-state index in [1.54, 1.807) is 0 Å². The quantitative estimate of drug-likeness (QED) is 0.423. The summed E-state index contributed by atoms with van der Waals surface area (Å²) in [5, 5.41) is 6.35. The van der Waals surface area contributed by atoms with E-state index >= 15 is 0 Å². The van der Waals surface area contributed by atoms with Gasteiger partial charge in [-0.05, 0) is 46.4 Å². The van der Waals surface area contributed by atoms with Gasteiger partial charge in [0.1, 0.15) is 0 Å². The van der Waals surface area contributed by atoms with Crippen LogP contribution < -0.4 is 10.6 Å². The minimum absolute atomic E-state index is 0.0930. The van der Waals surface area contributed by atoms with Crippen molar-refractivity contribution in [1.82, 2.24) is 10.6 Å². The molecule has 0 spiro atoms. The van der Waals surface area contributed by atoms with Gasteiger partial charge < -0.3 is 15.4 Å². The van der Waals surface area contributed by atoms with Crippen LogP contribution in [0.2, 0.25) is 0 Å². The summed E-state index contributed by atoms with van der Waals surface area (Å²) in [6.45, 7) is 5.24. The Balaban J connectivity index is 3.01. The van der Waals surface area contributed by atoms with Gasteiger partial charge in [-0.3, -0.25) is 4.79 Å². The number of carbonyl (C=O) groups is 1. The lowest BCUT2D eigenvalue weighted by atomic mass is 10.3. The summed E-state index contributed by atoms with van der Waals surface area (Å²) < 4.78 is 4.81. The van der Waals surface area contributed by atoms with Gasteiger partial charge in [0.15, 0.2) is 0 Å². The Labute approximate surface area is 86.4 Å². The lowest BCUT2D eigenvalue weighted by molar-refractivity contribution is -0.143. The second-order valence-corrected chi connectivity index (χ2v) is 3.12. The fourth-order valence-electron chi connectivity index (χ4n) is 1.11. The van der Waals surface area contributed by atoms with Gasteiger partial charge >= 0.3 is 5.97 Å². The van der Waals surface area contributed by atoms with Crippen molar-refractivity contribution in [2.24, 2.45) is 0 Å². The molecule has 2 N–H and O–H groups in total. The summed E-state index contributed by atoms with van der Waals surface area (Å²) in [6.07, 6.45) is 2.50. The van der Waals surface area contributed by atoms with Crippen molar-refractivity contribution in [2.45, 2.75) is 26.2 Å². The Bertz CT molecular complexity index is 140. The molecule has 0 aliphatic heterocycles. The molecule has 0 aromatic carbocycles. The zero-order chi connectivity index (χ0) is 10.6. The summed E-state index contributed by atoms with van der Waals surface area (Å²) in [7, 11) is 1.95. The predicted molar refractivity (Wildman–Crippen MR) is 57.3 cm³/mol. The van der Waals surface area contributed by atoms with E-state index in [0.717, 1.165) is 32.5 Å². The Morgan fingerprint density at radius 2 is 1.93 bits per heavy atom. The molecular weight excluding hydrogens is 180 g/mol. The Hall–Kier alpha value is -0.610. The van der Waals surface area contributed by atoms with E-state index in [9.17, 15) is 4.79 Å². The van der Waals surface area contributed by atoms with Gasteiger partial charge in [0.2, 0.25) is 0 Å². The third-order valence-electron chi connectivity index (χ3n) is 1.82. The smallest absolute Gasteiger partial charge is 0.305 e. The zero-order valence-electron chi connectivity index (χ0n) is 9.27. The Kier molecular flexibility index (Phi) is 10.0. The molecule has 0 saturated carbocycles. The van der Waals surface area contributed by atoms with Crippen molar-refractivity contribution >= 4 is 5.97 Å². The van der Waals surface area contributed by atoms with Crippen LogP contribution in [0.4, 0.5) is 0 Å². The molecule has 84 valence electrons. The van der Waals surface area contributed by atoms with Gasteiger partial charge in [-0.2, -0.15) is 0 Å². The average molecular weight is 202 g/mol. The third-order valence-corrected chi connectivity index (χ3v) is 1.82. The molecule has 0 rings (SSSR count). The SMILES string of the molecule is CCOC(=O)CCCNCCCNC. The van der Waals surface area contributed by atoms with E-state index in [1.165, 1.54) is 0 Å². The van der Waals surface area contributed by atoms with E-state index in [1.807, 2.05) is 14.0 Å². The van der Waals surface area contributed by atoms with Crippen molar-refractivity contribution in [1.29, 1.82) is 0 Å². The minimum Gasteiger partial charge on any atom is -0.466 e. The molecule has 0 aromatic rings. The summed E-state index contributed by atoms with van der Waals surface area (Å²) in [6, 6.07) is 0. The van der Waals surface area contributed by atoms with Crippen molar-refractivity contribution in [2.75, 3.05) is 33.3 Å². The molecule has 0 atom stereocenters. The summed E-state index contributed by atoms with van der Waals surface area (Å²) >= 11 is 0. The standard InChI is InChI=1S/C10H22N2O2/c1-3-14-10(13)6-4-8-12-9-5-7-11-2/h11-12H,3-9H2,1-2H3. The first-order valence-corrected chi connectivity index (χ1v) is 5.32. The Morgan fingerprint density at radius 1 is 1.21 bits per heavy atom. The van der Waals surface area contributed by atoms with Gasteiger partial charge in [0, 0.05) is 6.42 Å². The minimum atomic E-state index is -0.0930. The molecule has 0 aromatic heterocycles. The molecule has 0 fully saturated rings. The van der Waals surface area contributed by atoms with Crippen molar-refractivity contribution < 1.29 is 9.53 Å². The maximum Gasteiger partial charge on any atom is 0.305 e. The Morgan fingerprint density at radius 3 is 2.57 bits per heavy atom. The van der Waals surface area contributed by atoms with Crippen molar-refractivity contribution in [3.63, 3.8) is 0 Å². The molecule has 0 aliphatic rings. The number of ether oxygens (including phenoxy) is 1. The topological polar surface area (TPSA) is 50.4 Å². The molecule has 0 radical (unpaired) electrons. The number of hydrogen-bond acceptors (Lipinski definition) is 4. The van der Waals surface area contributed by atoms with Crippen LogP contribution in [0.3, 0.4) is 0 Å². The number of esters is 1. The van der Waals surface area contributed by atoms with Crippen LogP contribution >= 0.6 is 0 Å². The molecule has 0 saturated heterocycles. The zero-order valence-corrected chi connectivity index (χ0v) is 9.27. The largest absolute Gasteiger partial charge is 0.466 e. The first kappa shape index (κ1) is 13.4. The normalized spacial score (nSPS) is 10.1. The van der Waals surface area contributed by atoms with E-state index in [4.69, 9.17) is 4.74 Å². The number of carbonyl (C=O) groups excluding carboxylic acids is 1. The van der Waals surface area contributed by atoms with Crippen LogP contribution in [0, 0.1) is 0 Å². The number of hydrogen-bond donors (Lipinski definition) is 2. The van der Waals surface area contributed by atoms with E-state index < -0.39 is 0 Å². The van der Waals surface area contributed by atoms with E-state index in [2.05, 4.69) is 10.6 Å². The fourth-order valence-corrected chi connectivity index (χ4v) is 1.11. The van der Waals surface area contributed by atoms with E-state index in [0.29, 0.717) is 13.0 Å². The number of nitrogens with one attached hydrogen (secondary N) is 2. The van der Waals surface area contributed by atoms with E-state index in [-0.39, 0.29) is 5.97 Å². The van der Waals surface area contributed by atoms with Gasteiger partial charge in [-0.15, -0.1) is 0 Å². The molecule has 0 bridgehead atoms. The molecule has 4 nitrogen and oxygen atoms in total. The van der Waals surface area contributed by atoms with Gasteiger partial charge in [-0.25, -0.2) is 0 Å². The summed E-state index contributed by atoms with van der Waals surface area (Å²) in [5.41, 5.74) is 0. The highest BCUT2D eigenvalue weighted by molar-refractivity contribution is 5.69. The first-order chi connectivity index (χ1) is 6.81. The number of rotatable bonds is 9. The lowest BCUT2D eigenvalue weighted by Gasteiger charge is -2.04. The first-order valence-electron chi connectivity index (χ1n) is 5.32. The molecular formula is C10H22N2O2. The van der Waals surface area contributed by atoms with Crippen molar-refractivity contribution in [3.05, 3.63) is 0 Å². The van der Waals surface area contributed by atoms with Crippen LogP contribution in [0.25, 0.3) is 0 Å². The van der Waals surface area contributed by atoms with Crippen LogP contribution in [-0.2, 0) is 9.53 Å². The second-order valence-electron chi connectivity index (χ2n) is 3.12. The molecule has 0 aliphatic carbocycles. The highest BCUT2D eigenvalue weighted by Gasteiger charge is 1.99. The van der Waals surface area contributed by atoms with Crippen LogP contribution in [0.5, 0.6) is 0 Å². The van der Waals surface area contributed by atoms with Crippen LogP contribution in [-0.4, -0.2) is 39.3 Å². The summed E-state index contributed by atoms with van der Waals surface area (Å²) in [5.74, 6) is -0.0930. The third kappa shape index (κ3) is 9.48. The van der Waals surface area contributed by atoms with Gasteiger partial charge in [0.05, 0.1) is 6.61 Å². The molecule has 0 unspecified atom stereocenters. The summed E-state index contributed by atoms with van der Waals surface area (Å²) in [4.78, 5) is 10.9. The molecule has 0 heterocycles. The maximum absolute atomic E-state index is 10.9. The highest BCUT2D eigenvalue weighted by Crippen LogP contribution is 1.91. The van der Waals surface area contributed by atoms with Crippen LogP contribution in [0.15, 0.2) is 0 Å². The maximum atomic E-state index is 10.9. The highest BCUT2D eigenvalue weighted by atomic mass is 16.5.